The van der Waals surface area contributed by atoms with E-state index in [0.717, 1.165) is 45.1 Å². The van der Waals surface area contributed by atoms with E-state index < -0.39 is 0 Å². The number of rotatable bonds is 4. The highest BCUT2D eigenvalue weighted by Crippen LogP contribution is 2.38. The number of hydrogen-bond acceptors (Lipinski definition) is 4. The molecule has 0 spiro atoms. The van der Waals surface area contributed by atoms with Gasteiger partial charge in [-0.3, -0.25) is 19.4 Å². The molecule has 238 valence electrons. The summed E-state index contributed by atoms with van der Waals surface area (Å²) < 4.78 is 0. The summed E-state index contributed by atoms with van der Waals surface area (Å²) in [6.45, 7) is 3.99. The lowest BCUT2D eigenvalue weighted by atomic mass is 10.1. The van der Waals surface area contributed by atoms with Gasteiger partial charge in [-0.2, -0.15) is 0 Å². The Bertz CT molecular complexity index is 2230. The lowest BCUT2D eigenvalue weighted by molar-refractivity contribution is -0.112. The fraction of sp³-hybridized carbons (Fsp3) is 0.0476. The predicted octanol–water partition coefficient (Wildman–Crippen LogP) is 10.2. The van der Waals surface area contributed by atoms with Crippen LogP contribution in [0.4, 0.5) is 34.1 Å². The Kier molecular flexibility index (Phi) is 8.71. The number of anilines is 4. The molecule has 49 heavy (non-hydrogen) atoms. The van der Waals surface area contributed by atoms with Gasteiger partial charge in [-0.25, -0.2) is 9.98 Å². The summed E-state index contributed by atoms with van der Waals surface area (Å²) in [5, 5.41) is 0.609. The molecule has 0 bridgehead atoms. The minimum absolute atomic E-state index is 0.0945. The van der Waals surface area contributed by atoms with Gasteiger partial charge in [-0.15, -0.1) is 0 Å². The largest absolute Gasteiger partial charge is 0.282 e. The van der Waals surface area contributed by atoms with E-state index >= 15 is 0 Å². The van der Waals surface area contributed by atoms with Crippen molar-refractivity contribution in [2.45, 2.75) is 13.8 Å². The number of fused-ring (bicyclic) bond motifs is 2. The van der Waals surface area contributed by atoms with E-state index in [1.165, 1.54) is 5.56 Å². The van der Waals surface area contributed by atoms with Crippen molar-refractivity contribution in [3.8, 4) is 0 Å². The summed E-state index contributed by atoms with van der Waals surface area (Å²) in [4.78, 5) is 38.8. The second-order valence-electron chi connectivity index (χ2n) is 11.7. The minimum atomic E-state index is -0.134. The number of hydrogen-bond donors (Lipinski definition) is 0. The van der Waals surface area contributed by atoms with Crippen LogP contribution >= 0.6 is 11.6 Å². The molecule has 0 aliphatic carbocycles. The van der Waals surface area contributed by atoms with E-state index in [1.807, 2.05) is 159 Å². The van der Waals surface area contributed by atoms with Crippen molar-refractivity contribution in [1.29, 1.82) is 0 Å². The van der Waals surface area contributed by atoms with Crippen molar-refractivity contribution in [2.75, 3.05) is 9.80 Å². The maximum Gasteiger partial charge on any atom is 0.282 e. The average Bonchev–Trinajstić information content (AvgIpc) is 3.55. The number of aryl methyl sites for hydroxylation is 2. The van der Waals surface area contributed by atoms with E-state index in [1.54, 1.807) is 15.9 Å². The molecule has 0 atom stereocenters. The molecule has 2 aliphatic rings. The van der Waals surface area contributed by atoms with Crippen molar-refractivity contribution < 1.29 is 9.59 Å². The SMILES string of the molecule is Cc1cc(Cl)cc(N=C2C(=O)N(c3ccccc3)c3ccccc32)c1.Cc1ccc(N=C2C(=O)N(c3ccccc3)c3ccccc32)cc1. The summed E-state index contributed by atoms with van der Waals surface area (Å²) >= 11 is 6.13. The fourth-order valence-electron chi connectivity index (χ4n) is 5.94. The topological polar surface area (TPSA) is 65.3 Å². The van der Waals surface area contributed by atoms with Crippen molar-refractivity contribution >= 4 is 69.0 Å². The highest BCUT2D eigenvalue weighted by atomic mass is 35.5. The van der Waals surface area contributed by atoms with Crippen molar-refractivity contribution in [1.82, 2.24) is 0 Å². The van der Waals surface area contributed by atoms with Crippen molar-refractivity contribution in [3.05, 3.63) is 179 Å². The third-order valence-corrected chi connectivity index (χ3v) is 8.40. The van der Waals surface area contributed by atoms with Gasteiger partial charge in [-0.05, 0) is 86.1 Å². The first kappa shape index (κ1) is 31.5. The Morgan fingerprint density at radius 1 is 0.469 bits per heavy atom. The zero-order valence-corrected chi connectivity index (χ0v) is 27.7. The van der Waals surface area contributed by atoms with E-state index in [0.29, 0.717) is 22.1 Å². The molecule has 0 saturated heterocycles. The number of benzene rings is 6. The summed E-state index contributed by atoms with van der Waals surface area (Å²) in [6, 6.07) is 48.2. The molecule has 2 amide bonds. The standard InChI is InChI=1S/C21H15ClN2O.C21H16N2O/c1-14-11-15(22)13-16(12-14)23-20-18-9-5-6-10-19(18)24(21(20)25)17-7-3-2-4-8-17;1-15-11-13-16(14-12-15)22-20-18-9-5-6-10-19(18)23(21(20)24)17-7-3-2-4-8-17/h2-13H,1H3;2-14H,1H3. The van der Waals surface area contributed by atoms with E-state index in [-0.39, 0.29) is 11.8 Å². The molecule has 0 fully saturated rings. The lowest BCUT2D eigenvalue weighted by Gasteiger charge is -2.16. The number of carbonyl (C=O) groups excluding carboxylic acids is 2. The zero-order chi connectivity index (χ0) is 33.9. The summed E-state index contributed by atoms with van der Waals surface area (Å²) in [5.74, 6) is -0.229. The summed E-state index contributed by atoms with van der Waals surface area (Å²) in [5.41, 5.74) is 9.65. The van der Waals surface area contributed by atoms with Crippen LogP contribution in [0.25, 0.3) is 0 Å². The number of nitrogens with zero attached hydrogens (tertiary/aromatic N) is 4. The molecular weight excluding hydrogens is 628 g/mol. The van der Waals surface area contributed by atoms with Crippen LogP contribution in [0.3, 0.4) is 0 Å². The average molecular weight is 659 g/mol. The Labute approximate surface area is 290 Å². The Morgan fingerprint density at radius 2 is 0.918 bits per heavy atom. The quantitative estimate of drug-likeness (QED) is 0.189. The van der Waals surface area contributed by atoms with Crippen LogP contribution in [0.2, 0.25) is 5.02 Å². The normalized spacial score (nSPS) is 14.9. The molecule has 2 heterocycles. The second kappa shape index (κ2) is 13.6. The zero-order valence-electron chi connectivity index (χ0n) is 26.9. The first-order chi connectivity index (χ1) is 23.9. The molecule has 0 unspecified atom stereocenters. The Hall–Kier alpha value is -6.11. The summed E-state index contributed by atoms with van der Waals surface area (Å²) in [7, 11) is 0. The molecule has 0 saturated carbocycles. The predicted molar refractivity (Wildman–Crippen MR) is 200 cm³/mol. The maximum absolute atomic E-state index is 13.1. The van der Waals surface area contributed by atoms with Crippen molar-refractivity contribution in [3.63, 3.8) is 0 Å². The van der Waals surface area contributed by atoms with Crippen LogP contribution in [0.15, 0.2) is 162 Å². The second-order valence-corrected chi connectivity index (χ2v) is 12.2. The van der Waals surface area contributed by atoms with E-state index in [9.17, 15) is 9.59 Å². The van der Waals surface area contributed by atoms with Gasteiger partial charge >= 0.3 is 0 Å². The van der Waals surface area contributed by atoms with Crippen molar-refractivity contribution in [2.24, 2.45) is 9.98 Å². The van der Waals surface area contributed by atoms with Crippen LogP contribution in [-0.4, -0.2) is 23.2 Å². The molecule has 0 radical (unpaired) electrons. The lowest BCUT2D eigenvalue weighted by Crippen LogP contribution is -2.25. The number of aliphatic imine (C=N–C) groups is 2. The first-order valence-corrected chi connectivity index (χ1v) is 16.2. The van der Waals surface area contributed by atoms with Gasteiger partial charge in [0.05, 0.1) is 22.7 Å². The number of para-hydroxylation sites is 4. The molecule has 6 aromatic rings. The van der Waals surface area contributed by atoms with Crippen LogP contribution in [-0.2, 0) is 9.59 Å². The van der Waals surface area contributed by atoms with Crippen LogP contribution < -0.4 is 9.80 Å². The highest BCUT2D eigenvalue weighted by Gasteiger charge is 2.35. The van der Waals surface area contributed by atoms with Crippen LogP contribution in [0, 0.1) is 13.8 Å². The van der Waals surface area contributed by atoms with Gasteiger partial charge in [0.15, 0.2) is 0 Å². The Morgan fingerprint density at radius 3 is 1.41 bits per heavy atom. The number of halogens is 1. The molecule has 8 rings (SSSR count). The van der Waals surface area contributed by atoms with Gasteiger partial charge in [0.2, 0.25) is 0 Å². The van der Waals surface area contributed by atoms with Crippen LogP contribution in [0.5, 0.6) is 0 Å². The van der Waals surface area contributed by atoms with Gasteiger partial charge in [0.1, 0.15) is 11.4 Å². The third kappa shape index (κ3) is 6.42. The Balaban J connectivity index is 0.000000154. The summed E-state index contributed by atoms with van der Waals surface area (Å²) in [6.07, 6.45) is 0. The minimum Gasteiger partial charge on any atom is -0.275 e. The van der Waals surface area contributed by atoms with Gasteiger partial charge < -0.3 is 0 Å². The molecule has 2 aliphatic heterocycles. The molecule has 0 aromatic heterocycles. The van der Waals surface area contributed by atoms with E-state index in [4.69, 9.17) is 11.6 Å². The molecular formula is C42H31ClN4O2. The molecule has 7 heteroatoms. The number of amides is 2. The van der Waals surface area contributed by atoms with Gasteiger partial charge in [0.25, 0.3) is 11.8 Å². The van der Waals surface area contributed by atoms with E-state index in [2.05, 4.69) is 9.98 Å². The molecule has 6 aromatic carbocycles. The van der Waals surface area contributed by atoms with Crippen LogP contribution in [0.1, 0.15) is 22.3 Å². The monoisotopic (exact) mass is 658 g/mol. The molecule has 0 N–H and O–H groups in total. The fourth-order valence-corrected chi connectivity index (χ4v) is 6.22. The highest BCUT2D eigenvalue weighted by molar-refractivity contribution is 6.56. The third-order valence-electron chi connectivity index (χ3n) is 8.18. The van der Waals surface area contributed by atoms with Gasteiger partial charge in [-0.1, -0.05) is 102 Å². The van der Waals surface area contributed by atoms with Gasteiger partial charge in [0, 0.05) is 27.5 Å². The molecule has 6 nitrogen and oxygen atoms in total. The smallest absolute Gasteiger partial charge is 0.275 e. The first-order valence-electron chi connectivity index (χ1n) is 15.9. The number of carbonyl (C=O) groups is 2. The maximum atomic E-state index is 13.1.